The van der Waals surface area contributed by atoms with Crippen LogP contribution in [-0.2, 0) is 18.3 Å². The first kappa shape index (κ1) is 16.8. The van der Waals surface area contributed by atoms with Gasteiger partial charge in [0.05, 0.1) is 0 Å². The lowest BCUT2D eigenvalue weighted by molar-refractivity contribution is 0.0820. The number of benzene rings is 1. The van der Waals surface area contributed by atoms with Crippen LogP contribution in [0.4, 0.5) is 0 Å². The molecule has 1 unspecified atom stereocenters. The minimum absolute atomic E-state index is 0.0736. The Morgan fingerprint density at radius 2 is 2.12 bits per heavy atom. The predicted molar refractivity (Wildman–Crippen MR) is 98.2 cm³/mol. The number of imidazole rings is 1. The molecule has 1 aromatic heterocycles. The highest BCUT2D eigenvalue weighted by Crippen LogP contribution is 2.29. The number of nitrogens with one attached hydrogen (secondary N) is 1. The van der Waals surface area contributed by atoms with E-state index in [1.165, 1.54) is 24.9 Å². The summed E-state index contributed by atoms with van der Waals surface area (Å²) in [5.41, 5.74) is 1.40. The lowest BCUT2D eigenvalue weighted by Crippen LogP contribution is -2.49. The highest BCUT2D eigenvalue weighted by molar-refractivity contribution is 5.14. The minimum atomic E-state index is 0.0736. The second kappa shape index (κ2) is 7.68. The number of ether oxygens (including phenoxy) is 1. The molecule has 2 saturated heterocycles. The summed E-state index contributed by atoms with van der Waals surface area (Å²) in [6.45, 7) is 4.16. The molecule has 0 spiro atoms. The van der Waals surface area contributed by atoms with Crippen molar-refractivity contribution in [2.45, 2.75) is 44.0 Å². The Kier molecular flexibility index (Phi) is 5.15. The third-order valence-corrected chi connectivity index (χ3v) is 5.41. The molecule has 1 N–H and O–H groups in total. The molecular formula is C20H28N4O. The summed E-state index contributed by atoms with van der Waals surface area (Å²) < 4.78 is 8.07. The summed E-state index contributed by atoms with van der Waals surface area (Å²) in [6.07, 6.45) is 7.49. The van der Waals surface area contributed by atoms with Gasteiger partial charge in [0.2, 0.25) is 0 Å². The fourth-order valence-electron chi connectivity index (χ4n) is 4.15. The molecule has 5 heteroatoms. The van der Waals surface area contributed by atoms with E-state index >= 15 is 0 Å². The van der Waals surface area contributed by atoms with Crippen molar-refractivity contribution in [3.8, 4) is 0 Å². The third-order valence-electron chi connectivity index (χ3n) is 5.41. The fourth-order valence-corrected chi connectivity index (χ4v) is 4.15. The van der Waals surface area contributed by atoms with Crippen molar-refractivity contribution < 1.29 is 4.74 Å². The second-order valence-corrected chi connectivity index (χ2v) is 7.31. The van der Waals surface area contributed by atoms with Crippen molar-refractivity contribution in [1.29, 1.82) is 0 Å². The topological polar surface area (TPSA) is 42.3 Å². The Hall–Kier alpha value is -1.69. The SMILES string of the molecule is Cn1ccnc1[C@H]1OCC[C@@H]1NC1CCCN(Cc2ccccc2)C1. The molecule has 3 heterocycles. The maximum atomic E-state index is 6.00. The van der Waals surface area contributed by atoms with Crippen LogP contribution < -0.4 is 5.32 Å². The molecule has 0 saturated carbocycles. The summed E-state index contributed by atoms with van der Waals surface area (Å²) in [6, 6.07) is 11.7. The van der Waals surface area contributed by atoms with Gasteiger partial charge in [-0.15, -0.1) is 0 Å². The van der Waals surface area contributed by atoms with Crippen LogP contribution in [0.25, 0.3) is 0 Å². The summed E-state index contributed by atoms with van der Waals surface area (Å²) in [4.78, 5) is 7.07. The van der Waals surface area contributed by atoms with Crippen molar-refractivity contribution >= 4 is 0 Å². The summed E-state index contributed by atoms with van der Waals surface area (Å²) in [5.74, 6) is 1.03. The van der Waals surface area contributed by atoms with Crippen LogP contribution in [0.2, 0.25) is 0 Å². The van der Waals surface area contributed by atoms with E-state index in [0.29, 0.717) is 12.1 Å². The molecule has 0 aliphatic carbocycles. The average Bonchev–Trinajstić information content (AvgIpc) is 3.24. The molecule has 1 aromatic carbocycles. The zero-order valence-corrected chi connectivity index (χ0v) is 15.0. The van der Waals surface area contributed by atoms with Crippen molar-refractivity contribution in [1.82, 2.24) is 19.8 Å². The summed E-state index contributed by atoms with van der Waals surface area (Å²) in [5, 5.41) is 3.88. The largest absolute Gasteiger partial charge is 0.369 e. The van der Waals surface area contributed by atoms with Gasteiger partial charge in [0.1, 0.15) is 11.9 Å². The third kappa shape index (κ3) is 3.94. The molecule has 5 nitrogen and oxygen atoms in total. The fraction of sp³-hybridized carbons (Fsp3) is 0.550. The standard InChI is InChI=1S/C20H28N4O/c1-23-12-10-21-20(23)19-18(9-13-25-19)22-17-8-5-11-24(15-17)14-16-6-3-2-4-7-16/h2-4,6-7,10,12,17-19,22H,5,8-9,11,13-15H2,1H3/t17?,18-,19-/m0/s1. The molecule has 134 valence electrons. The van der Waals surface area contributed by atoms with Gasteiger partial charge in [0, 0.05) is 51.2 Å². The molecule has 3 atom stereocenters. The van der Waals surface area contributed by atoms with E-state index in [4.69, 9.17) is 4.74 Å². The van der Waals surface area contributed by atoms with Crippen LogP contribution in [0.1, 0.15) is 36.8 Å². The van der Waals surface area contributed by atoms with Crippen LogP contribution in [0, 0.1) is 0 Å². The van der Waals surface area contributed by atoms with Gasteiger partial charge in [0.15, 0.2) is 0 Å². The van der Waals surface area contributed by atoms with Crippen molar-refractivity contribution in [3.63, 3.8) is 0 Å². The zero-order valence-electron chi connectivity index (χ0n) is 15.0. The first-order valence-electron chi connectivity index (χ1n) is 9.41. The Morgan fingerprint density at radius 3 is 2.92 bits per heavy atom. The van der Waals surface area contributed by atoms with Gasteiger partial charge in [-0.1, -0.05) is 30.3 Å². The van der Waals surface area contributed by atoms with E-state index in [0.717, 1.165) is 31.9 Å². The van der Waals surface area contributed by atoms with E-state index in [9.17, 15) is 0 Å². The van der Waals surface area contributed by atoms with E-state index in [-0.39, 0.29) is 6.10 Å². The zero-order chi connectivity index (χ0) is 17.1. The molecule has 25 heavy (non-hydrogen) atoms. The molecule has 2 fully saturated rings. The van der Waals surface area contributed by atoms with Gasteiger partial charge in [-0.2, -0.15) is 0 Å². The van der Waals surface area contributed by atoms with Crippen LogP contribution >= 0.6 is 0 Å². The Morgan fingerprint density at radius 1 is 1.24 bits per heavy atom. The molecule has 0 amide bonds. The Balaban J connectivity index is 1.36. The maximum Gasteiger partial charge on any atom is 0.139 e. The van der Waals surface area contributed by atoms with E-state index in [1.807, 2.05) is 19.4 Å². The van der Waals surface area contributed by atoms with E-state index < -0.39 is 0 Å². The minimum Gasteiger partial charge on any atom is -0.369 e. The number of likely N-dealkylation sites (tertiary alicyclic amines) is 1. The monoisotopic (exact) mass is 340 g/mol. The molecule has 0 radical (unpaired) electrons. The van der Waals surface area contributed by atoms with Crippen molar-refractivity contribution in [2.75, 3.05) is 19.7 Å². The van der Waals surface area contributed by atoms with Gasteiger partial charge in [-0.25, -0.2) is 4.98 Å². The van der Waals surface area contributed by atoms with E-state index in [1.54, 1.807) is 0 Å². The van der Waals surface area contributed by atoms with Gasteiger partial charge < -0.3 is 14.6 Å². The number of aryl methyl sites for hydroxylation is 1. The molecule has 4 rings (SSSR count). The predicted octanol–water partition coefficient (Wildman–Crippen LogP) is 2.50. The maximum absolute atomic E-state index is 6.00. The number of piperidine rings is 1. The van der Waals surface area contributed by atoms with Crippen LogP contribution in [0.15, 0.2) is 42.7 Å². The second-order valence-electron chi connectivity index (χ2n) is 7.31. The van der Waals surface area contributed by atoms with Crippen LogP contribution in [0.3, 0.4) is 0 Å². The molecule has 0 bridgehead atoms. The molecule has 2 aliphatic rings. The normalized spacial score (nSPS) is 27.6. The summed E-state index contributed by atoms with van der Waals surface area (Å²) in [7, 11) is 2.04. The molecule has 2 aromatic rings. The first-order chi connectivity index (χ1) is 12.3. The smallest absolute Gasteiger partial charge is 0.139 e. The summed E-state index contributed by atoms with van der Waals surface area (Å²) >= 11 is 0. The van der Waals surface area contributed by atoms with Crippen LogP contribution in [0.5, 0.6) is 0 Å². The van der Waals surface area contributed by atoms with Gasteiger partial charge in [-0.05, 0) is 31.4 Å². The number of hydrogen-bond donors (Lipinski definition) is 1. The van der Waals surface area contributed by atoms with Gasteiger partial charge >= 0.3 is 0 Å². The first-order valence-corrected chi connectivity index (χ1v) is 9.41. The average molecular weight is 340 g/mol. The number of nitrogens with zero attached hydrogens (tertiary/aromatic N) is 3. The highest BCUT2D eigenvalue weighted by atomic mass is 16.5. The highest BCUT2D eigenvalue weighted by Gasteiger charge is 2.34. The van der Waals surface area contributed by atoms with E-state index in [2.05, 4.69) is 50.1 Å². The molecular weight excluding hydrogens is 312 g/mol. The number of rotatable bonds is 5. The van der Waals surface area contributed by atoms with Crippen molar-refractivity contribution in [3.05, 3.63) is 54.1 Å². The van der Waals surface area contributed by atoms with Crippen LogP contribution in [-0.4, -0.2) is 46.2 Å². The van der Waals surface area contributed by atoms with Gasteiger partial charge in [-0.3, -0.25) is 4.90 Å². The lowest BCUT2D eigenvalue weighted by atomic mass is 10.0. The number of hydrogen-bond acceptors (Lipinski definition) is 4. The van der Waals surface area contributed by atoms with Gasteiger partial charge in [0.25, 0.3) is 0 Å². The quantitative estimate of drug-likeness (QED) is 0.908. The number of aromatic nitrogens is 2. The molecule has 2 aliphatic heterocycles. The Bertz CT molecular complexity index is 671. The lowest BCUT2D eigenvalue weighted by Gasteiger charge is -2.35. The van der Waals surface area contributed by atoms with Crippen molar-refractivity contribution in [2.24, 2.45) is 7.05 Å². The Labute approximate surface area is 150 Å².